The topological polar surface area (TPSA) is 67.6 Å². The maximum Gasteiger partial charge on any atom is 0.130 e. The minimum Gasteiger partial charge on any atom is -0.493 e. The zero-order valence-electron chi connectivity index (χ0n) is 15.1. The summed E-state index contributed by atoms with van der Waals surface area (Å²) in [6.45, 7) is 6.09. The van der Waals surface area contributed by atoms with Crippen molar-refractivity contribution in [2.45, 2.75) is 19.0 Å². The van der Waals surface area contributed by atoms with Crippen molar-refractivity contribution in [3.05, 3.63) is 65.2 Å². The van der Waals surface area contributed by atoms with Crippen molar-refractivity contribution >= 4 is 6.29 Å². The number of carbonyl (C=O) groups excluding carboxylic acids is 1. The van der Waals surface area contributed by atoms with Gasteiger partial charge < -0.3 is 20.6 Å². The molecule has 0 aromatic heterocycles. The number of nitrogens with one attached hydrogen (secondary N) is 1. The molecule has 1 fully saturated rings. The lowest BCUT2D eigenvalue weighted by Crippen LogP contribution is -2.42. The summed E-state index contributed by atoms with van der Waals surface area (Å²) in [5.41, 5.74) is 8.90. The van der Waals surface area contributed by atoms with Crippen LogP contribution in [-0.2, 0) is 17.9 Å². The van der Waals surface area contributed by atoms with Crippen LogP contribution in [0.15, 0.2) is 48.5 Å². The van der Waals surface area contributed by atoms with E-state index < -0.39 is 0 Å². The molecule has 1 unspecified atom stereocenters. The highest BCUT2D eigenvalue weighted by molar-refractivity contribution is 5.62. The molecule has 1 aliphatic rings. The van der Waals surface area contributed by atoms with Crippen LogP contribution >= 0.6 is 0 Å². The molecule has 5 nitrogen and oxygen atoms in total. The lowest BCUT2D eigenvalue weighted by atomic mass is 10.00. The van der Waals surface area contributed by atoms with Crippen LogP contribution in [0.1, 0.15) is 22.6 Å². The summed E-state index contributed by atoms with van der Waals surface area (Å²) in [7, 11) is 0. The normalized spacial score (nSPS) is 16.2. The number of ether oxygens (including phenoxy) is 1. The smallest absolute Gasteiger partial charge is 0.130 e. The molecule has 138 valence electrons. The molecule has 3 N–H and O–H groups in total. The van der Waals surface area contributed by atoms with Crippen molar-refractivity contribution in [1.29, 1.82) is 0 Å². The van der Waals surface area contributed by atoms with Gasteiger partial charge in [0.05, 0.1) is 5.92 Å². The molecule has 0 bridgehead atoms. The highest BCUT2D eigenvalue weighted by atomic mass is 16.5. The van der Waals surface area contributed by atoms with Gasteiger partial charge in [0.2, 0.25) is 0 Å². The number of rotatable bonds is 8. The van der Waals surface area contributed by atoms with Crippen LogP contribution < -0.4 is 15.8 Å². The molecule has 0 saturated carbocycles. The van der Waals surface area contributed by atoms with E-state index >= 15 is 0 Å². The number of aldehydes is 1. The second-order valence-corrected chi connectivity index (χ2v) is 6.67. The maximum atomic E-state index is 11.4. The van der Waals surface area contributed by atoms with Gasteiger partial charge in [0, 0.05) is 39.3 Å². The maximum absolute atomic E-state index is 11.4. The second kappa shape index (κ2) is 9.48. The third kappa shape index (κ3) is 5.14. The highest BCUT2D eigenvalue weighted by Crippen LogP contribution is 2.19. The first kappa shape index (κ1) is 18.6. The zero-order valence-corrected chi connectivity index (χ0v) is 15.1. The largest absolute Gasteiger partial charge is 0.493 e. The van der Waals surface area contributed by atoms with E-state index in [2.05, 4.69) is 22.3 Å². The summed E-state index contributed by atoms with van der Waals surface area (Å²) in [6.07, 6.45) is 0.941. The van der Waals surface area contributed by atoms with Gasteiger partial charge in [0.25, 0.3) is 0 Å². The van der Waals surface area contributed by atoms with Crippen LogP contribution in [0.3, 0.4) is 0 Å². The molecule has 0 amide bonds. The van der Waals surface area contributed by atoms with E-state index in [4.69, 9.17) is 10.5 Å². The van der Waals surface area contributed by atoms with Crippen LogP contribution in [0.25, 0.3) is 0 Å². The van der Waals surface area contributed by atoms with E-state index in [1.54, 1.807) is 0 Å². The van der Waals surface area contributed by atoms with Crippen molar-refractivity contribution in [3.63, 3.8) is 0 Å². The molecule has 5 heteroatoms. The number of piperazine rings is 1. The molecule has 0 aliphatic carbocycles. The summed E-state index contributed by atoms with van der Waals surface area (Å²) < 4.78 is 5.84. The van der Waals surface area contributed by atoms with Crippen molar-refractivity contribution in [2.75, 3.05) is 32.8 Å². The van der Waals surface area contributed by atoms with Crippen LogP contribution in [0.2, 0.25) is 0 Å². The predicted molar refractivity (Wildman–Crippen MR) is 103 cm³/mol. The second-order valence-electron chi connectivity index (χ2n) is 6.67. The highest BCUT2D eigenvalue weighted by Gasteiger charge is 2.12. The van der Waals surface area contributed by atoms with Crippen molar-refractivity contribution < 1.29 is 9.53 Å². The van der Waals surface area contributed by atoms with E-state index in [1.807, 2.05) is 36.4 Å². The lowest BCUT2D eigenvalue weighted by molar-refractivity contribution is -0.109. The number of nitrogens with zero attached hydrogens (tertiary/aromatic N) is 1. The van der Waals surface area contributed by atoms with E-state index in [9.17, 15) is 4.79 Å². The average Bonchev–Trinajstić information content (AvgIpc) is 2.71. The summed E-state index contributed by atoms with van der Waals surface area (Å²) in [5.74, 6) is 0.516. The first-order chi connectivity index (χ1) is 12.8. The molecular formula is C21H27N3O2. The Hall–Kier alpha value is -2.21. The summed E-state index contributed by atoms with van der Waals surface area (Å²) >= 11 is 0. The van der Waals surface area contributed by atoms with Gasteiger partial charge in [-0.3, -0.25) is 4.90 Å². The molecule has 2 aromatic carbocycles. The van der Waals surface area contributed by atoms with Crippen LogP contribution in [0.4, 0.5) is 0 Å². The molecule has 1 heterocycles. The molecule has 1 atom stereocenters. The third-order valence-corrected chi connectivity index (χ3v) is 4.78. The lowest BCUT2D eigenvalue weighted by Gasteiger charge is -2.27. The minimum absolute atomic E-state index is 0.276. The first-order valence-electron chi connectivity index (χ1n) is 9.17. The van der Waals surface area contributed by atoms with Crippen molar-refractivity contribution in [1.82, 2.24) is 10.2 Å². The summed E-state index contributed by atoms with van der Waals surface area (Å²) in [4.78, 5) is 13.9. The van der Waals surface area contributed by atoms with E-state index in [0.29, 0.717) is 13.2 Å². The van der Waals surface area contributed by atoms with E-state index in [-0.39, 0.29) is 5.92 Å². The number of carbonyl (C=O) groups is 1. The van der Waals surface area contributed by atoms with Gasteiger partial charge in [0.1, 0.15) is 18.6 Å². The monoisotopic (exact) mass is 353 g/mol. The average molecular weight is 353 g/mol. The molecule has 1 saturated heterocycles. The fourth-order valence-electron chi connectivity index (χ4n) is 3.12. The van der Waals surface area contributed by atoms with Crippen molar-refractivity contribution in [2.24, 2.45) is 5.73 Å². The Kier molecular flexibility index (Phi) is 6.77. The Morgan fingerprint density at radius 2 is 1.69 bits per heavy atom. The minimum atomic E-state index is -0.276. The Bertz CT molecular complexity index is 679. The van der Waals surface area contributed by atoms with Gasteiger partial charge >= 0.3 is 0 Å². The standard InChI is InChI=1S/C21H27N3O2/c22-13-17-1-5-19(6-2-17)20(15-25)16-26-21-7-3-18(4-8-21)14-24-11-9-23-10-12-24/h1-8,15,20,23H,9-14,16,22H2. The fraction of sp³-hybridized carbons (Fsp3) is 0.381. The zero-order chi connectivity index (χ0) is 18.2. The summed E-state index contributed by atoms with van der Waals surface area (Å²) in [5, 5.41) is 3.37. The van der Waals surface area contributed by atoms with Gasteiger partial charge in [-0.15, -0.1) is 0 Å². The Morgan fingerprint density at radius 3 is 2.31 bits per heavy atom. The van der Waals surface area contributed by atoms with Crippen molar-refractivity contribution in [3.8, 4) is 5.75 Å². The molecule has 26 heavy (non-hydrogen) atoms. The van der Waals surface area contributed by atoms with Crippen LogP contribution in [-0.4, -0.2) is 44.0 Å². The van der Waals surface area contributed by atoms with E-state index in [1.165, 1.54) is 5.56 Å². The molecule has 3 rings (SSSR count). The molecule has 0 radical (unpaired) electrons. The van der Waals surface area contributed by atoms with Crippen LogP contribution in [0, 0.1) is 0 Å². The Balaban J connectivity index is 1.53. The predicted octanol–water partition coefficient (Wildman–Crippen LogP) is 1.91. The molecule has 1 aliphatic heterocycles. The van der Waals surface area contributed by atoms with Gasteiger partial charge in [-0.1, -0.05) is 36.4 Å². The van der Waals surface area contributed by atoms with Gasteiger partial charge in [-0.25, -0.2) is 0 Å². The van der Waals surface area contributed by atoms with Gasteiger partial charge in [-0.2, -0.15) is 0 Å². The third-order valence-electron chi connectivity index (χ3n) is 4.78. The van der Waals surface area contributed by atoms with E-state index in [0.717, 1.165) is 55.9 Å². The first-order valence-corrected chi connectivity index (χ1v) is 9.17. The number of benzene rings is 2. The number of hydrogen-bond donors (Lipinski definition) is 2. The summed E-state index contributed by atoms with van der Waals surface area (Å²) in [6, 6.07) is 16.0. The Labute approximate surface area is 155 Å². The molecule has 2 aromatic rings. The fourth-order valence-corrected chi connectivity index (χ4v) is 3.12. The SMILES string of the molecule is NCc1ccc(C(C=O)COc2ccc(CN3CCNCC3)cc2)cc1. The van der Waals surface area contributed by atoms with Gasteiger partial charge in [0.15, 0.2) is 0 Å². The van der Waals surface area contributed by atoms with Crippen LogP contribution in [0.5, 0.6) is 5.75 Å². The number of hydrogen-bond acceptors (Lipinski definition) is 5. The quantitative estimate of drug-likeness (QED) is 0.710. The molecule has 0 spiro atoms. The molecular weight excluding hydrogens is 326 g/mol. The van der Waals surface area contributed by atoms with Gasteiger partial charge in [-0.05, 0) is 28.8 Å². The Morgan fingerprint density at radius 1 is 1.04 bits per heavy atom. The number of nitrogens with two attached hydrogens (primary N) is 1.